The monoisotopic (exact) mass is 348 g/mol. The number of carbonyl (C=O) groups is 2. The molecule has 1 atom stereocenters. The van der Waals surface area contributed by atoms with E-state index in [1.54, 1.807) is 0 Å². The molecule has 0 fully saturated rings. The van der Waals surface area contributed by atoms with Crippen molar-refractivity contribution in [3.63, 3.8) is 0 Å². The van der Waals surface area contributed by atoms with Crippen molar-refractivity contribution in [1.82, 2.24) is 4.90 Å². The summed E-state index contributed by atoms with van der Waals surface area (Å²) in [5.74, 6) is -2.16. The standard InChI is InChI=1S/C15H16F4N2O3/c1-2-21(7-12(22)15(17,18)19)14(24)9-5-8-3-4-13(23)20-11(8)6-10(9)16/h5-6,12,22H,2-4,7H2,1H3,(H,20,23)/t12-/m1/s1. The zero-order valence-corrected chi connectivity index (χ0v) is 12.8. The van der Waals surface area contributed by atoms with E-state index in [4.69, 9.17) is 5.11 Å². The SMILES string of the molecule is CCN(C[C@@H](O)C(F)(F)F)C(=O)c1cc2c(cc1F)NC(=O)CC2. The Bertz CT molecular complexity index is 661. The van der Waals surface area contributed by atoms with Crippen LogP contribution in [-0.4, -0.2) is 47.2 Å². The largest absolute Gasteiger partial charge is 0.416 e. The highest BCUT2D eigenvalue weighted by molar-refractivity contribution is 5.98. The number of anilines is 1. The summed E-state index contributed by atoms with van der Waals surface area (Å²) in [5, 5.41) is 11.6. The molecule has 0 saturated carbocycles. The van der Waals surface area contributed by atoms with Crippen molar-refractivity contribution in [2.24, 2.45) is 0 Å². The molecule has 0 aliphatic carbocycles. The molecule has 1 heterocycles. The lowest BCUT2D eigenvalue weighted by molar-refractivity contribution is -0.206. The quantitative estimate of drug-likeness (QED) is 0.819. The Labute approximate surface area is 135 Å². The first kappa shape index (κ1) is 18.2. The zero-order chi connectivity index (χ0) is 18.1. The van der Waals surface area contributed by atoms with Crippen LogP contribution in [0.2, 0.25) is 0 Å². The topological polar surface area (TPSA) is 69.6 Å². The Hall–Kier alpha value is -2.16. The maximum absolute atomic E-state index is 14.1. The fraction of sp³-hybridized carbons (Fsp3) is 0.467. The minimum absolute atomic E-state index is 0.126. The van der Waals surface area contributed by atoms with E-state index in [-0.39, 0.29) is 30.1 Å². The first-order valence-corrected chi connectivity index (χ1v) is 7.29. The second-order valence-corrected chi connectivity index (χ2v) is 5.44. The smallest absolute Gasteiger partial charge is 0.382 e. The average molecular weight is 348 g/mol. The van der Waals surface area contributed by atoms with Crippen molar-refractivity contribution < 1.29 is 32.3 Å². The van der Waals surface area contributed by atoms with Gasteiger partial charge < -0.3 is 15.3 Å². The normalized spacial score (nSPS) is 15.5. The second kappa shape index (κ2) is 6.76. The molecular formula is C15H16F4N2O3. The summed E-state index contributed by atoms with van der Waals surface area (Å²) in [6, 6.07) is 2.21. The van der Waals surface area contributed by atoms with Crippen LogP contribution in [0.25, 0.3) is 0 Å². The zero-order valence-electron chi connectivity index (χ0n) is 12.8. The van der Waals surface area contributed by atoms with Gasteiger partial charge in [-0.1, -0.05) is 0 Å². The van der Waals surface area contributed by atoms with E-state index in [0.717, 1.165) is 11.0 Å². The predicted molar refractivity (Wildman–Crippen MR) is 77.0 cm³/mol. The molecule has 24 heavy (non-hydrogen) atoms. The van der Waals surface area contributed by atoms with Crippen LogP contribution in [0.15, 0.2) is 12.1 Å². The molecule has 1 aromatic carbocycles. The van der Waals surface area contributed by atoms with Crippen LogP contribution in [0.5, 0.6) is 0 Å². The van der Waals surface area contributed by atoms with Gasteiger partial charge in [-0.3, -0.25) is 9.59 Å². The number of aryl methyl sites for hydroxylation is 1. The van der Waals surface area contributed by atoms with Crippen molar-refractivity contribution in [3.05, 3.63) is 29.1 Å². The number of likely N-dealkylation sites (N-methyl/N-ethyl adjacent to an activating group) is 1. The van der Waals surface area contributed by atoms with E-state index < -0.39 is 30.5 Å². The molecule has 0 aromatic heterocycles. The molecule has 2 rings (SSSR count). The van der Waals surface area contributed by atoms with Gasteiger partial charge in [0.2, 0.25) is 5.91 Å². The number of nitrogens with zero attached hydrogens (tertiary/aromatic N) is 1. The highest BCUT2D eigenvalue weighted by Gasteiger charge is 2.40. The van der Waals surface area contributed by atoms with Crippen LogP contribution >= 0.6 is 0 Å². The number of amides is 2. The van der Waals surface area contributed by atoms with Crippen LogP contribution in [0.1, 0.15) is 29.3 Å². The number of benzene rings is 1. The van der Waals surface area contributed by atoms with Gasteiger partial charge >= 0.3 is 6.18 Å². The van der Waals surface area contributed by atoms with Crippen LogP contribution < -0.4 is 5.32 Å². The van der Waals surface area contributed by atoms with E-state index >= 15 is 0 Å². The molecule has 0 unspecified atom stereocenters. The molecule has 0 spiro atoms. The number of nitrogens with one attached hydrogen (secondary N) is 1. The lowest BCUT2D eigenvalue weighted by atomic mass is 9.99. The third-order valence-corrected chi connectivity index (χ3v) is 3.76. The summed E-state index contributed by atoms with van der Waals surface area (Å²) in [5.41, 5.74) is 0.395. The fourth-order valence-corrected chi connectivity index (χ4v) is 2.40. The molecule has 0 saturated heterocycles. The van der Waals surface area contributed by atoms with Crippen molar-refractivity contribution in [2.75, 3.05) is 18.4 Å². The molecule has 5 nitrogen and oxygen atoms in total. The number of carbonyl (C=O) groups excluding carboxylic acids is 2. The number of aliphatic hydroxyl groups is 1. The summed E-state index contributed by atoms with van der Waals surface area (Å²) in [6.07, 6.45) is -7.09. The Morgan fingerprint density at radius 2 is 2.04 bits per heavy atom. The Morgan fingerprint density at radius 1 is 1.38 bits per heavy atom. The van der Waals surface area contributed by atoms with Gasteiger partial charge in [0, 0.05) is 18.7 Å². The van der Waals surface area contributed by atoms with Crippen molar-refractivity contribution in [2.45, 2.75) is 32.0 Å². The molecule has 132 valence electrons. The minimum Gasteiger partial charge on any atom is -0.382 e. The first-order valence-electron chi connectivity index (χ1n) is 7.29. The van der Waals surface area contributed by atoms with Crippen LogP contribution in [0, 0.1) is 5.82 Å². The lowest BCUT2D eigenvalue weighted by Gasteiger charge is -2.26. The summed E-state index contributed by atoms with van der Waals surface area (Å²) in [4.78, 5) is 24.3. The third kappa shape index (κ3) is 3.84. The number of hydrogen-bond acceptors (Lipinski definition) is 3. The van der Waals surface area contributed by atoms with E-state index in [1.807, 2.05) is 0 Å². The Balaban J connectivity index is 2.26. The van der Waals surface area contributed by atoms with Gasteiger partial charge in [-0.15, -0.1) is 0 Å². The highest BCUT2D eigenvalue weighted by atomic mass is 19.4. The van der Waals surface area contributed by atoms with Crippen LogP contribution in [0.4, 0.5) is 23.2 Å². The molecule has 1 aromatic rings. The summed E-state index contributed by atoms with van der Waals surface area (Å²) in [7, 11) is 0. The molecule has 1 aliphatic rings. The Kier molecular flexibility index (Phi) is 5.12. The predicted octanol–water partition coefficient (Wildman–Crippen LogP) is 2.10. The molecule has 2 N–H and O–H groups in total. The number of hydrogen-bond donors (Lipinski definition) is 2. The van der Waals surface area contributed by atoms with Crippen molar-refractivity contribution in [1.29, 1.82) is 0 Å². The minimum atomic E-state index is -4.87. The maximum Gasteiger partial charge on any atom is 0.416 e. The number of aliphatic hydroxyl groups excluding tert-OH is 1. The first-order chi connectivity index (χ1) is 11.1. The maximum atomic E-state index is 14.1. The number of rotatable bonds is 4. The van der Waals surface area contributed by atoms with Crippen molar-refractivity contribution in [3.8, 4) is 0 Å². The van der Waals surface area contributed by atoms with E-state index in [2.05, 4.69) is 5.32 Å². The number of alkyl halides is 3. The summed E-state index contributed by atoms with van der Waals surface area (Å²) in [6.45, 7) is 0.322. The fourth-order valence-electron chi connectivity index (χ4n) is 2.40. The van der Waals surface area contributed by atoms with Gasteiger partial charge in [0.25, 0.3) is 5.91 Å². The Morgan fingerprint density at radius 3 is 2.62 bits per heavy atom. The second-order valence-electron chi connectivity index (χ2n) is 5.44. The van der Waals surface area contributed by atoms with E-state index in [1.165, 1.54) is 13.0 Å². The molecule has 0 bridgehead atoms. The molecule has 1 aliphatic heterocycles. The number of fused-ring (bicyclic) bond motifs is 1. The van der Waals surface area contributed by atoms with Crippen molar-refractivity contribution >= 4 is 17.5 Å². The van der Waals surface area contributed by atoms with Gasteiger partial charge in [0.15, 0.2) is 6.10 Å². The summed E-state index contributed by atoms with van der Waals surface area (Å²) >= 11 is 0. The molecule has 2 amide bonds. The van der Waals surface area contributed by atoms with Gasteiger partial charge in [0.05, 0.1) is 12.1 Å². The molecule has 9 heteroatoms. The van der Waals surface area contributed by atoms with E-state index in [9.17, 15) is 27.2 Å². The molecule has 0 radical (unpaired) electrons. The van der Waals surface area contributed by atoms with Gasteiger partial charge in [-0.25, -0.2) is 4.39 Å². The van der Waals surface area contributed by atoms with E-state index in [0.29, 0.717) is 12.0 Å². The number of halogens is 4. The van der Waals surface area contributed by atoms with Crippen LogP contribution in [-0.2, 0) is 11.2 Å². The average Bonchev–Trinajstić information content (AvgIpc) is 2.49. The van der Waals surface area contributed by atoms with Crippen LogP contribution in [0.3, 0.4) is 0 Å². The molecular weight excluding hydrogens is 332 g/mol. The lowest BCUT2D eigenvalue weighted by Crippen LogP contribution is -2.43. The van der Waals surface area contributed by atoms with Gasteiger partial charge in [-0.2, -0.15) is 13.2 Å². The third-order valence-electron chi connectivity index (χ3n) is 3.76. The highest BCUT2D eigenvalue weighted by Crippen LogP contribution is 2.27. The van der Waals surface area contributed by atoms with Gasteiger partial charge in [-0.05, 0) is 31.0 Å². The summed E-state index contributed by atoms with van der Waals surface area (Å²) < 4.78 is 51.5. The van der Waals surface area contributed by atoms with Gasteiger partial charge in [0.1, 0.15) is 5.82 Å².